The van der Waals surface area contributed by atoms with E-state index in [0.29, 0.717) is 50.6 Å². The zero-order valence-electron chi connectivity index (χ0n) is 11.9. The van der Waals surface area contributed by atoms with Crippen LogP contribution in [0.25, 0.3) is 0 Å². The molecule has 0 saturated heterocycles. The molecule has 0 amide bonds. The van der Waals surface area contributed by atoms with Gasteiger partial charge in [-0.3, -0.25) is 0 Å². The normalized spacial score (nSPS) is 10.6. The molecule has 0 aliphatic carbocycles. The third-order valence-electron chi connectivity index (χ3n) is 2.29. The van der Waals surface area contributed by atoms with Gasteiger partial charge in [-0.05, 0) is 0 Å². The van der Waals surface area contributed by atoms with Gasteiger partial charge in [-0.2, -0.15) is 4.98 Å². The average Bonchev–Trinajstić information content (AvgIpc) is 2.46. The maximum Gasteiger partial charge on any atom is 0.218 e. The highest BCUT2D eigenvalue weighted by molar-refractivity contribution is 5.36. The van der Waals surface area contributed by atoms with E-state index >= 15 is 0 Å². The number of nitrogens with zero attached hydrogens (tertiary/aromatic N) is 2. The molecule has 8 heteroatoms. The summed E-state index contributed by atoms with van der Waals surface area (Å²) in [4.78, 5) is 8.33. The first-order chi connectivity index (χ1) is 9.80. The van der Waals surface area contributed by atoms with Gasteiger partial charge in [0.25, 0.3) is 0 Å². The molecule has 1 rings (SSSR count). The summed E-state index contributed by atoms with van der Waals surface area (Å²) in [6.45, 7) is 2.59. The number of methoxy groups -OCH3 is 2. The molecule has 1 aromatic rings. The number of nitrogen functional groups attached to an aromatic ring is 1. The van der Waals surface area contributed by atoms with E-state index in [2.05, 4.69) is 15.4 Å². The number of hydrogen-bond donors (Lipinski definition) is 2. The van der Waals surface area contributed by atoms with Crippen molar-refractivity contribution in [1.82, 2.24) is 9.97 Å². The zero-order chi connectivity index (χ0) is 14.6. The molecule has 0 atom stereocenters. The van der Waals surface area contributed by atoms with Crippen molar-refractivity contribution in [3.63, 3.8) is 0 Å². The number of nitrogens with two attached hydrogens (primary N) is 1. The Labute approximate surface area is 118 Å². The number of ether oxygens (including phenoxy) is 4. The van der Waals surface area contributed by atoms with E-state index in [4.69, 9.17) is 24.8 Å². The Morgan fingerprint density at radius 3 is 2.65 bits per heavy atom. The summed E-state index contributed by atoms with van der Waals surface area (Å²) < 4.78 is 20.7. The topological polar surface area (TPSA) is 101 Å². The summed E-state index contributed by atoms with van der Waals surface area (Å²) in [6.07, 6.45) is 0.763. The van der Waals surface area contributed by atoms with Gasteiger partial charge in [0.1, 0.15) is 12.4 Å². The minimum atomic E-state index is 0.298. The molecule has 0 radical (unpaired) electrons. The van der Waals surface area contributed by atoms with E-state index in [-0.39, 0.29) is 0 Å². The van der Waals surface area contributed by atoms with E-state index in [9.17, 15) is 0 Å². The van der Waals surface area contributed by atoms with E-state index < -0.39 is 0 Å². The number of aromatic nitrogens is 2. The lowest BCUT2D eigenvalue weighted by Gasteiger charge is -2.09. The molecule has 114 valence electrons. The van der Waals surface area contributed by atoms with Crippen molar-refractivity contribution in [2.45, 2.75) is 13.0 Å². The molecule has 0 aliphatic heterocycles. The van der Waals surface area contributed by atoms with Gasteiger partial charge in [0.2, 0.25) is 5.88 Å². The van der Waals surface area contributed by atoms with Crippen molar-refractivity contribution in [1.29, 1.82) is 0 Å². The van der Waals surface area contributed by atoms with E-state index in [1.54, 1.807) is 20.3 Å². The molecule has 0 aliphatic rings. The fraction of sp³-hybridized carbons (Fsp3) is 0.667. The summed E-state index contributed by atoms with van der Waals surface area (Å²) >= 11 is 0. The van der Waals surface area contributed by atoms with Crippen LogP contribution in [0.4, 0.5) is 5.82 Å². The van der Waals surface area contributed by atoms with E-state index in [1.807, 2.05) is 0 Å². The van der Waals surface area contributed by atoms with Crippen LogP contribution in [0.15, 0.2) is 6.07 Å². The van der Waals surface area contributed by atoms with Gasteiger partial charge in [0.05, 0.1) is 19.8 Å². The Morgan fingerprint density at radius 1 is 1.10 bits per heavy atom. The van der Waals surface area contributed by atoms with Crippen LogP contribution in [0.5, 0.6) is 5.88 Å². The third-order valence-corrected chi connectivity index (χ3v) is 2.29. The van der Waals surface area contributed by atoms with Crippen LogP contribution in [-0.4, -0.2) is 50.6 Å². The average molecular weight is 286 g/mol. The standard InChI is InChI=1S/C12H22N4O4/c1-17-6-7-19-4-3-5-20-12-8-10(16-13)14-11(15-12)9-18-2/h8H,3-7,9,13H2,1-2H3,(H,14,15,16). The quantitative estimate of drug-likeness (QED) is 0.341. The Balaban J connectivity index is 2.33. The summed E-state index contributed by atoms with van der Waals surface area (Å²) in [5, 5.41) is 0. The third kappa shape index (κ3) is 6.62. The predicted octanol–water partition coefficient (Wildman–Crippen LogP) is 0.341. The van der Waals surface area contributed by atoms with Crippen LogP contribution in [0.1, 0.15) is 12.2 Å². The number of hydrogen-bond acceptors (Lipinski definition) is 8. The largest absolute Gasteiger partial charge is 0.477 e. The first-order valence-electron chi connectivity index (χ1n) is 6.33. The second kappa shape index (κ2) is 10.3. The molecule has 20 heavy (non-hydrogen) atoms. The molecule has 0 spiro atoms. The van der Waals surface area contributed by atoms with Crippen molar-refractivity contribution in [3.8, 4) is 5.88 Å². The molecule has 1 aromatic heterocycles. The van der Waals surface area contributed by atoms with Crippen molar-refractivity contribution in [3.05, 3.63) is 11.9 Å². The minimum Gasteiger partial charge on any atom is -0.477 e. The molecule has 1 heterocycles. The van der Waals surface area contributed by atoms with Crippen LogP contribution in [-0.2, 0) is 20.8 Å². The van der Waals surface area contributed by atoms with Gasteiger partial charge in [-0.1, -0.05) is 0 Å². The lowest BCUT2D eigenvalue weighted by Crippen LogP contribution is -2.12. The zero-order valence-corrected chi connectivity index (χ0v) is 11.9. The van der Waals surface area contributed by atoms with Crippen molar-refractivity contribution < 1.29 is 18.9 Å². The Bertz CT molecular complexity index is 378. The maximum absolute atomic E-state index is 5.53. The highest BCUT2D eigenvalue weighted by atomic mass is 16.5. The van der Waals surface area contributed by atoms with E-state index in [0.717, 1.165) is 6.42 Å². The van der Waals surface area contributed by atoms with Crippen LogP contribution in [0.3, 0.4) is 0 Å². The van der Waals surface area contributed by atoms with Crippen molar-refractivity contribution in [2.75, 3.05) is 46.1 Å². The smallest absolute Gasteiger partial charge is 0.218 e. The first kappa shape index (κ1) is 16.6. The fourth-order valence-corrected chi connectivity index (χ4v) is 1.40. The molecular weight excluding hydrogens is 264 g/mol. The monoisotopic (exact) mass is 286 g/mol. The molecule has 0 unspecified atom stereocenters. The van der Waals surface area contributed by atoms with Gasteiger partial charge < -0.3 is 24.4 Å². The fourth-order valence-electron chi connectivity index (χ4n) is 1.40. The lowest BCUT2D eigenvalue weighted by atomic mass is 10.5. The second-order valence-electron chi connectivity index (χ2n) is 3.89. The van der Waals surface area contributed by atoms with Gasteiger partial charge in [0.15, 0.2) is 5.82 Å². The van der Waals surface area contributed by atoms with Gasteiger partial charge >= 0.3 is 0 Å². The molecule has 0 aromatic carbocycles. The molecule has 8 nitrogen and oxygen atoms in total. The van der Waals surface area contributed by atoms with Gasteiger partial charge in [0, 0.05) is 33.3 Å². The Hall–Kier alpha value is -1.48. The van der Waals surface area contributed by atoms with Crippen LogP contribution in [0.2, 0.25) is 0 Å². The number of hydrazine groups is 1. The molecule has 0 bridgehead atoms. The maximum atomic E-state index is 5.53. The first-order valence-corrected chi connectivity index (χ1v) is 6.33. The number of nitrogens with one attached hydrogen (secondary N) is 1. The molecule has 0 fully saturated rings. The summed E-state index contributed by atoms with van der Waals surface area (Å²) in [6, 6.07) is 1.63. The summed E-state index contributed by atoms with van der Waals surface area (Å²) in [5.41, 5.74) is 2.47. The minimum absolute atomic E-state index is 0.298. The molecule has 3 N–H and O–H groups in total. The predicted molar refractivity (Wildman–Crippen MR) is 73.4 cm³/mol. The highest BCUT2D eigenvalue weighted by Gasteiger charge is 2.04. The summed E-state index contributed by atoms with van der Waals surface area (Å²) in [7, 11) is 3.21. The van der Waals surface area contributed by atoms with Crippen molar-refractivity contribution in [2.24, 2.45) is 5.84 Å². The number of anilines is 1. The van der Waals surface area contributed by atoms with Crippen LogP contribution >= 0.6 is 0 Å². The second-order valence-corrected chi connectivity index (χ2v) is 3.89. The van der Waals surface area contributed by atoms with Gasteiger partial charge in [-0.25, -0.2) is 10.8 Å². The lowest BCUT2D eigenvalue weighted by molar-refractivity contribution is 0.0641. The van der Waals surface area contributed by atoms with Crippen LogP contribution < -0.4 is 16.0 Å². The van der Waals surface area contributed by atoms with Crippen LogP contribution in [0, 0.1) is 0 Å². The highest BCUT2D eigenvalue weighted by Crippen LogP contribution is 2.13. The SMILES string of the molecule is COCCOCCCOc1cc(NN)nc(COC)n1. The molecule has 0 saturated carbocycles. The van der Waals surface area contributed by atoms with Gasteiger partial charge in [-0.15, -0.1) is 0 Å². The van der Waals surface area contributed by atoms with Crippen molar-refractivity contribution >= 4 is 5.82 Å². The number of rotatable bonds is 11. The Morgan fingerprint density at radius 2 is 1.95 bits per heavy atom. The summed E-state index contributed by atoms with van der Waals surface area (Å²) in [5.74, 6) is 6.79. The Kier molecular flexibility index (Phi) is 8.56. The molecular formula is C12H22N4O4. The van der Waals surface area contributed by atoms with E-state index in [1.165, 1.54) is 0 Å².